The van der Waals surface area contributed by atoms with Crippen molar-refractivity contribution < 1.29 is 9.59 Å². The first-order valence-corrected chi connectivity index (χ1v) is 10.6. The number of thioether (sulfide) groups is 1. The van der Waals surface area contributed by atoms with Crippen LogP contribution in [-0.4, -0.2) is 36.1 Å². The van der Waals surface area contributed by atoms with Gasteiger partial charge in [0.05, 0.1) is 0 Å². The van der Waals surface area contributed by atoms with E-state index in [1.54, 1.807) is 28.8 Å². The Bertz CT molecular complexity index is 839. The zero-order valence-corrected chi connectivity index (χ0v) is 17.1. The molecule has 1 saturated heterocycles. The minimum Gasteiger partial charge on any atom is -0.324 e. The van der Waals surface area contributed by atoms with Gasteiger partial charge in [0, 0.05) is 40.2 Å². The second-order valence-corrected chi connectivity index (χ2v) is 8.08. The number of ketones is 1. The van der Waals surface area contributed by atoms with Crippen LogP contribution in [0.5, 0.6) is 0 Å². The molecule has 3 rings (SSSR count). The second-order valence-electron chi connectivity index (χ2n) is 6.77. The van der Waals surface area contributed by atoms with Crippen molar-refractivity contribution in [2.24, 2.45) is 5.92 Å². The van der Waals surface area contributed by atoms with E-state index in [9.17, 15) is 9.59 Å². The molecule has 1 atom stereocenters. The lowest BCUT2D eigenvalue weighted by Gasteiger charge is -2.32. The van der Waals surface area contributed by atoms with Crippen molar-refractivity contribution in [1.29, 1.82) is 0 Å². The molecule has 0 aliphatic carbocycles. The highest BCUT2D eigenvalue weighted by Gasteiger charge is 2.29. The number of Topliss-reactive ketones (excluding diaryl/α,β-unsaturated/α-hetero) is 1. The molecule has 0 aromatic heterocycles. The van der Waals surface area contributed by atoms with E-state index in [0.717, 1.165) is 29.0 Å². The molecule has 1 fully saturated rings. The maximum Gasteiger partial charge on any atom is 0.321 e. The quantitative estimate of drug-likeness (QED) is 0.542. The van der Waals surface area contributed by atoms with Crippen LogP contribution >= 0.6 is 23.4 Å². The first kappa shape index (κ1) is 19.8. The number of carbonyl (C=O) groups is 2. The number of piperidine rings is 1. The van der Waals surface area contributed by atoms with Gasteiger partial charge in [0.15, 0.2) is 5.78 Å². The zero-order chi connectivity index (χ0) is 19.4. The highest BCUT2D eigenvalue weighted by molar-refractivity contribution is 7.98. The van der Waals surface area contributed by atoms with E-state index in [2.05, 4.69) is 5.32 Å². The predicted molar refractivity (Wildman–Crippen MR) is 112 cm³/mol. The Hall–Kier alpha value is -1.98. The summed E-state index contributed by atoms with van der Waals surface area (Å²) in [5.74, 6) is -0.0428. The van der Waals surface area contributed by atoms with Crippen LogP contribution in [0.25, 0.3) is 0 Å². The van der Waals surface area contributed by atoms with Crippen molar-refractivity contribution in [2.45, 2.75) is 24.7 Å². The van der Waals surface area contributed by atoms with E-state index in [-0.39, 0.29) is 17.7 Å². The number of aryl methyl sites for hydroxylation is 1. The maximum absolute atomic E-state index is 12.8. The van der Waals surface area contributed by atoms with Crippen LogP contribution in [0, 0.1) is 12.8 Å². The molecule has 2 aromatic rings. The van der Waals surface area contributed by atoms with Crippen LogP contribution < -0.4 is 5.32 Å². The first-order chi connectivity index (χ1) is 13.0. The Morgan fingerprint density at radius 3 is 2.59 bits per heavy atom. The predicted octanol–water partition coefficient (Wildman–Crippen LogP) is 5.50. The summed E-state index contributed by atoms with van der Waals surface area (Å²) in [7, 11) is 0. The van der Waals surface area contributed by atoms with Crippen LogP contribution in [0.15, 0.2) is 47.4 Å². The molecule has 0 spiro atoms. The molecule has 0 bridgehead atoms. The average Bonchev–Trinajstić information content (AvgIpc) is 2.69. The number of benzene rings is 2. The van der Waals surface area contributed by atoms with E-state index < -0.39 is 0 Å². The number of urea groups is 1. The molecule has 0 radical (unpaired) electrons. The Morgan fingerprint density at radius 1 is 1.19 bits per heavy atom. The zero-order valence-electron chi connectivity index (χ0n) is 15.5. The molecule has 0 unspecified atom stereocenters. The van der Waals surface area contributed by atoms with Crippen molar-refractivity contribution in [3.63, 3.8) is 0 Å². The molecular formula is C21H23ClN2O2S. The second kappa shape index (κ2) is 8.81. The van der Waals surface area contributed by atoms with Gasteiger partial charge in [-0.3, -0.25) is 4.79 Å². The van der Waals surface area contributed by atoms with Crippen LogP contribution in [-0.2, 0) is 0 Å². The number of nitrogens with zero attached hydrogens (tertiary/aromatic N) is 1. The lowest BCUT2D eigenvalue weighted by molar-refractivity contribution is 0.0851. The highest BCUT2D eigenvalue weighted by atomic mass is 35.5. The van der Waals surface area contributed by atoms with E-state index in [0.29, 0.717) is 23.7 Å². The molecule has 6 heteroatoms. The number of anilines is 1. The SMILES string of the molecule is CSc1ccc(C(=O)[C@H]2CCCN(C(=O)Nc3ccc(Cl)cc3C)C2)cc1. The molecule has 27 heavy (non-hydrogen) atoms. The third-order valence-corrected chi connectivity index (χ3v) is 5.86. The molecule has 4 nitrogen and oxygen atoms in total. The summed E-state index contributed by atoms with van der Waals surface area (Å²) in [5.41, 5.74) is 2.37. The summed E-state index contributed by atoms with van der Waals surface area (Å²) in [6.45, 7) is 3.01. The number of nitrogens with one attached hydrogen (secondary N) is 1. The lowest BCUT2D eigenvalue weighted by atomic mass is 9.90. The molecule has 1 N–H and O–H groups in total. The number of halogens is 1. The summed E-state index contributed by atoms with van der Waals surface area (Å²) in [4.78, 5) is 28.4. The molecule has 0 saturated carbocycles. The van der Waals surface area contributed by atoms with Gasteiger partial charge in [-0.05, 0) is 61.9 Å². The molecule has 1 aliphatic rings. The molecule has 2 aromatic carbocycles. The molecule has 2 amide bonds. The van der Waals surface area contributed by atoms with Gasteiger partial charge in [-0.25, -0.2) is 4.79 Å². The highest BCUT2D eigenvalue weighted by Crippen LogP contribution is 2.24. The van der Waals surface area contributed by atoms with E-state index in [1.165, 1.54) is 0 Å². The van der Waals surface area contributed by atoms with Gasteiger partial charge in [0.25, 0.3) is 0 Å². The molecule has 142 valence electrons. The molecule has 1 aliphatic heterocycles. The van der Waals surface area contributed by atoms with Crippen molar-refractivity contribution in [3.8, 4) is 0 Å². The molecule has 1 heterocycles. The number of hydrogen-bond donors (Lipinski definition) is 1. The number of likely N-dealkylation sites (tertiary alicyclic amines) is 1. The Kier molecular flexibility index (Phi) is 6.45. The summed E-state index contributed by atoms with van der Waals surface area (Å²) in [6, 6.07) is 12.9. The largest absolute Gasteiger partial charge is 0.324 e. The van der Waals surface area contributed by atoms with Crippen molar-refractivity contribution >= 4 is 40.9 Å². The van der Waals surface area contributed by atoms with Crippen molar-refractivity contribution in [3.05, 3.63) is 58.6 Å². The maximum atomic E-state index is 12.8. The van der Waals surface area contributed by atoms with Gasteiger partial charge in [0.1, 0.15) is 0 Å². The fraction of sp³-hybridized carbons (Fsp3) is 0.333. The summed E-state index contributed by atoms with van der Waals surface area (Å²) in [5, 5.41) is 3.58. The van der Waals surface area contributed by atoms with Crippen molar-refractivity contribution in [2.75, 3.05) is 24.7 Å². The Morgan fingerprint density at radius 2 is 1.93 bits per heavy atom. The van der Waals surface area contributed by atoms with E-state index >= 15 is 0 Å². The standard InChI is InChI=1S/C21H23ClN2O2S/c1-14-12-17(22)7-10-19(14)23-21(26)24-11-3-4-16(13-24)20(25)15-5-8-18(27-2)9-6-15/h5-10,12,16H,3-4,11,13H2,1-2H3,(H,23,26)/t16-/m0/s1. The van der Waals surface area contributed by atoms with Crippen LogP contribution in [0.2, 0.25) is 5.02 Å². The van der Waals surface area contributed by atoms with E-state index in [4.69, 9.17) is 11.6 Å². The normalized spacial score (nSPS) is 16.9. The third kappa shape index (κ3) is 4.85. The topological polar surface area (TPSA) is 49.4 Å². The minimum absolute atomic E-state index is 0.114. The summed E-state index contributed by atoms with van der Waals surface area (Å²) in [6.07, 6.45) is 3.65. The van der Waals surface area contributed by atoms with Crippen molar-refractivity contribution in [1.82, 2.24) is 4.90 Å². The summed E-state index contributed by atoms with van der Waals surface area (Å²) < 4.78 is 0. The van der Waals surface area contributed by atoms with Gasteiger partial charge < -0.3 is 10.2 Å². The number of amides is 2. The number of carbonyl (C=O) groups excluding carboxylic acids is 2. The lowest BCUT2D eigenvalue weighted by Crippen LogP contribution is -2.44. The Labute approximate surface area is 169 Å². The van der Waals surface area contributed by atoms with Gasteiger partial charge in [-0.2, -0.15) is 0 Å². The molecular weight excluding hydrogens is 380 g/mol. The fourth-order valence-corrected chi connectivity index (χ4v) is 3.96. The fourth-order valence-electron chi connectivity index (χ4n) is 3.33. The Balaban J connectivity index is 1.65. The van der Waals surface area contributed by atoms with Crippen LogP contribution in [0.3, 0.4) is 0 Å². The monoisotopic (exact) mass is 402 g/mol. The van der Waals surface area contributed by atoms with Crippen LogP contribution in [0.1, 0.15) is 28.8 Å². The average molecular weight is 403 g/mol. The third-order valence-electron chi connectivity index (χ3n) is 4.88. The first-order valence-electron chi connectivity index (χ1n) is 8.98. The van der Waals surface area contributed by atoms with Gasteiger partial charge in [0.2, 0.25) is 0 Å². The van der Waals surface area contributed by atoms with Gasteiger partial charge in [-0.1, -0.05) is 23.7 Å². The van der Waals surface area contributed by atoms with Crippen LogP contribution in [0.4, 0.5) is 10.5 Å². The number of hydrogen-bond acceptors (Lipinski definition) is 3. The van der Waals surface area contributed by atoms with Gasteiger partial charge >= 0.3 is 6.03 Å². The minimum atomic E-state index is -0.171. The smallest absolute Gasteiger partial charge is 0.321 e. The van der Waals surface area contributed by atoms with Gasteiger partial charge in [-0.15, -0.1) is 11.8 Å². The van der Waals surface area contributed by atoms with E-state index in [1.807, 2.05) is 43.5 Å². The summed E-state index contributed by atoms with van der Waals surface area (Å²) >= 11 is 7.62. The number of rotatable bonds is 4.